The number of carbonyl (C=O) groups is 2. The molecule has 2 unspecified atom stereocenters. The number of benzene rings is 2. The van der Waals surface area contributed by atoms with Crippen molar-refractivity contribution in [1.82, 2.24) is 4.90 Å². The summed E-state index contributed by atoms with van der Waals surface area (Å²) < 4.78 is 10.9. The molecule has 0 radical (unpaired) electrons. The number of likely N-dealkylation sites (tertiary alicyclic amines) is 1. The van der Waals surface area contributed by atoms with Crippen LogP contribution in [0, 0.1) is 25.7 Å². The van der Waals surface area contributed by atoms with Crippen molar-refractivity contribution in [3.8, 4) is 11.5 Å². The molecule has 2 aromatic rings. The van der Waals surface area contributed by atoms with Crippen LogP contribution in [0.4, 0.5) is 5.69 Å². The zero-order valence-corrected chi connectivity index (χ0v) is 20.3. The molecule has 2 atom stereocenters. The predicted molar refractivity (Wildman–Crippen MR) is 129 cm³/mol. The van der Waals surface area contributed by atoms with E-state index in [1.165, 1.54) is 4.90 Å². The summed E-state index contributed by atoms with van der Waals surface area (Å²) in [7, 11) is 3.14. The van der Waals surface area contributed by atoms with Crippen LogP contribution in [0.25, 0.3) is 5.57 Å². The molecule has 6 nitrogen and oxygen atoms in total. The number of imide groups is 1. The van der Waals surface area contributed by atoms with Gasteiger partial charge in [0.2, 0.25) is 0 Å². The molecule has 1 saturated heterocycles. The molecule has 2 aliphatic heterocycles. The largest absolute Gasteiger partial charge is 0.493 e. The van der Waals surface area contributed by atoms with Crippen molar-refractivity contribution in [3.63, 3.8) is 0 Å². The molecule has 1 fully saturated rings. The van der Waals surface area contributed by atoms with Gasteiger partial charge in [-0.25, -0.2) is 4.90 Å². The molecule has 0 aromatic heterocycles. The summed E-state index contributed by atoms with van der Waals surface area (Å²) >= 11 is 0. The fourth-order valence-electron chi connectivity index (χ4n) is 5.09. The Balaban J connectivity index is 1.89. The smallest absolute Gasteiger partial charge is 0.282 e. The molecular weight excluding hydrogens is 416 g/mol. The van der Waals surface area contributed by atoms with Gasteiger partial charge in [0.15, 0.2) is 11.5 Å². The second kappa shape index (κ2) is 8.93. The molecule has 2 aliphatic rings. The highest BCUT2D eigenvalue weighted by molar-refractivity contribution is 6.45. The molecule has 6 heteroatoms. The summed E-state index contributed by atoms with van der Waals surface area (Å²) in [4.78, 5) is 31.3. The lowest BCUT2D eigenvalue weighted by atomic mass is 9.91. The molecular formula is C27H32N2O4. The van der Waals surface area contributed by atoms with E-state index < -0.39 is 0 Å². The molecule has 2 aromatic carbocycles. The summed E-state index contributed by atoms with van der Waals surface area (Å²) in [5.74, 6) is 1.40. The Hall–Kier alpha value is -3.28. The Labute approximate surface area is 195 Å². The first-order valence-electron chi connectivity index (χ1n) is 11.4. The molecule has 0 N–H and O–H groups in total. The second-order valence-electron chi connectivity index (χ2n) is 9.38. The lowest BCUT2D eigenvalue weighted by Gasteiger charge is -2.37. The van der Waals surface area contributed by atoms with Crippen molar-refractivity contribution >= 4 is 23.1 Å². The molecule has 174 valence electrons. The van der Waals surface area contributed by atoms with E-state index in [9.17, 15) is 9.59 Å². The Kier molecular flexibility index (Phi) is 6.19. The molecule has 2 amide bonds. The van der Waals surface area contributed by atoms with Crippen molar-refractivity contribution in [2.24, 2.45) is 11.8 Å². The van der Waals surface area contributed by atoms with Gasteiger partial charge in [-0.3, -0.25) is 9.59 Å². The van der Waals surface area contributed by atoms with Crippen LogP contribution in [0.15, 0.2) is 42.1 Å². The number of rotatable bonds is 5. The standard InChI is InChI=1S/C27H32N2O4/c1-16-7-8-19(4)21(12-16)29-26(30)24(20-9-10-22(32-5)23(13-20)33-6)25(27(29)31)28-14-17(2)11-18(3)15-28/h7-10,12-13,17-18H,11,14-15H2,1-6H3. The maximum atomic E-state index is 13.9. The Bertz CT molecular complexity index is 1130. The Morgan fingerprint density at radius 2 is 1.52 bits per heavy atom. The fourth-order valence-corrected chi connectivity index (χ4v) is 5.09. The Morgan fingerprint density at radius 3 is 2.15 bits per heavy atom. The zero-order chi connectivity index (χ0) is 23.9. The number of piperidine rings is 1. The summed E-state index contributed by atoms with van der Waals surface area (Å²) in [6.07, 6.45) is 1.11. The van der Waals surface area contributed by atoms with E-state index in [0.29, 0.717) is 45.9 Å². The van der Waals surface area contributed by atoms with Gasteiger partial charge in [-0.1, -0.05) is 32.0 Å². The number of amides is 2. The van der Waals surface area contributed by atoms with Crippen molar-refractivity contribution in [1.29, 1.82) is 0 Å². The lowest BCUT2D eigenvalue weighted by Crippen LogP contribution is -2.42. The highest BCUT2D eigenvalue weighted by Crippen LogP contribution is 2.40. The summed E-state index contributed by atoms with van der Waals surface area (Å²) in [6.45, 7) is 9.78. The van der Waals surface area contributed by atoms with Crippen LogP contribution in [-0.2, 0) is 9.59 Å². The van der Waals surface area contributed by atoms with Crippen LogP contribution in [0.5, 0.6) is 11.5 Å². The first-order valence-corrected chi connectivity index (χ1v) is 11.4. The summed E-state index contributed by atoms with van der Waals surface area (Å²) in [5.41, 5.74) is 4.07. The van der Waals surface area contributed by atoms with E-state index >= 15 is 0 Å². The van der Waals surface area contributed by atoms with Gasteiger partial charge in [0.05, 0.1) is 25.5 Å². The molecule has 4 rings (SSSR count). The quantitative estimate of drug-likeness (QED) is 0.627. The molecule has 0 bridgehead atoms. The topological polar surface area (TPSA) is 59.1 Å². The molecule has 0 spiro atoms. The normalized spacial score (nSPS) is 21.2. The third-order valence-corrected chi connectivity index (χ3v) is 6.52. The van der Waals surface area contributed by atoms with Gasteiger partial charge in [-0.15, -0.1) is 0 Å². The van der Waals surface area contributed by atoms with Gasteiger partial charge in [-0.2, -0.15) is 0 Å². The second-order valence-corrected chi connectivity index (χ2v) is 9.38. The van der Waals surface area contributed by atoms with Crippen LogP contribution in [0.2, 0.25) is 0 Å². The van der Waals surface area contributed by atoms with Crippen LogP contribution in [-0.4, -0.2) is 44.0 Å². The van der Waals surface area contributed by atoms with E-state index in [4.69, 9.17) is 9.47 Å². The number of nitrogens with zero attached hydrogens (tertiary/aromatic N) is 2. The van der Waals surface area contributed by atoms with Gasteiger partial charge in [0, 0.05) is 13.1 Å². The molecule has 0 aliphatic carbocycles. The maximum absolute atomic E-state index is 13.9. The molecule has 33 heavy (non-hydrogen) atoms. The highest BCUT2D eigenvalue weighted by atomic mass is 16.5. The zero-order valence-electron chi connectivity index (χ0n) is 20.3. The van der Waals surface area contributed by atoms with Gasteiger partial charge < -0.3 is 14.4 Å². The van der Waals surface area contributed by atoms with Crippen molar-refractivity contribution < 1.29 is 19.1 Å². The number of hydrogen-bond donors (Lipinski definition) is 0. The lowest BCUT2D eigenvalue weighted by molar-refractivity contribution is -0.120. The van der Waals surface area contributed by atoms with E-state index in [1.807, 2.05) is 38.1 Å². The van der Waals surface area contributed by atoms with Crippen LogP contribution in [0.1, 0.15) is 37.0 Å². The first-order chi connectivity index (χ1) is 15.7. The van der Waals surface area contributed by atoms with Crippen molar-refractivity contribution in [3.05, 3.63) is 58.8 Å². The van der Waals surface area contributed by atoms with Gasteiger partial charge >= 0.3 is 0 Å². The molecule has 2 heterocycles. The minimum absolute atomic E-state index is 0.264. The average molecular weight is 449 g/mol. The SMILES string of the molecule is COc1ccc(C2=C(N3CC(C)CC(C)C3)C(=O)N(c3cc(C)ccc3C)C2=O)cc1OC. The number of methoxy groups -OCH3 is 2. The van der Waals surface area contributed by atoms with Crippen LogP contribution < -0.4 is 14.4 Å². The number of aryl methyl sites for hydroxylation is 2. The summed E-state index contributed by atoms with van der Waals surface area (Å²) in [5, 5.41) is 0. The minimum atomic E-state index is -0.304. The maximum Gasteiger partial charge on any atom is 0.282 e. The first kappa shape index (κ1) is 22.9. The minimum Gasteiger partial charge on any atom is -0.493 e. The number of carbonyl (C=O) groups excluding carboxylic acids is 2. The fraction of sp³-hybridized carbons (Fsp3) is 0.407. The van der Waals surface area contributed by atoms with E-state index in [-0.39, 0.29) is 11.8 Å². The van der Waals surface area contributed by atoms with Crippen LogP contribution >= 0.6 is 0 Å². The third-order valence-electron chi connectivity index (χ3n) is 6.52. The van der Waals surface area contributed by atoms with E-state index in [1.54, 1.807) is 26.4 Å². The van der Waals surface area contributed by atoms with E-state index in [0.717, 1.165) is 30.6 Å². The van der Waals surface area contributed by atoms with Crippen LogP contribution in [0.3, 0.4) is 0 Å². The number of anilines is 1. The van der Waals surface area contributed by atoms with Crippen molar-refractivity contribution in [2.45, 2.75) is 34.1 Å². The monoisotopic (exact) mass is 448 g/mol. The summed E-state index contributed by atoms with van der Waals surface area (Å²) in [6, 6.07) is 11.2. The van der Waals surface area contributed by atoms with Gasteiger partial charge in [0.1, 0.15) is 5.70 Å². The average Bonchev–Trinajstić information content (AvgIpc) is 3.04. The van der Waals surface area contributed by atoms with Crippen molar-refractivity contribution in [2.75, 3.05) is 32.2 Å². The van der Waals surface area contributed by atoms with Gasteiger partial charge in [-0.05, 0) is 67.0 Å². The number of ether oxygens (including phenoxy) is 2. The third kappa shape index (κ3) is 4.10. The predicted octanol–water partition coefficient (Wildman–Crippen LogP) is 4.58. The number of hydrogen-bond acceptors (Lipinski definition) is 5. The Morgan fingerprint density at radius 1 is 0.848 bits per heavy atom. The van der Waals surface area contributed by atoms with Gasteiger partial charge in [0.25, 0.3) is 11.8 Å². The highest BCUT2D eigenvalue weighted by Gasteiger charge is 2.44. The van der Waals surface area contributed by atoms with E-state index in [2.05, 4.69) is 18.7 Å². The molecule has 0 saturated carbocycles.